The van der Waals surface area contributed by atoms with E-state index in [4.69, 9.17) is 5.73 Å². The predicted molar refractivity (Wildman–Crippen MR) is 84.4 cm³/mol. The molecule has 2 aromatic rings. The summed E-state index contributed by atoms with van der Waals surface area (Å²) in [6, 6.07) is 14.9. The maximum absolute atomic E-state index is 5.62. The van der Waals surface area contributed by atoms with Gasteiger partial charge in [-0.2, -0.15) is 0 Å². The molecule has 1 heterocycles. The Balaban J connectivity index is 1.82. The van der Waals surface area contributed by atoms with Crippen LogP contribution in [0.15, 0.2) is 48.7 Å². The number of benzene rings is 1. The van der Waals surface area contributed by atoms with Gasteiger partial charge < -0.3 is 11.1 Å². The average molecular weight is 269 g/mol. The van der Waals surface area contributed by atoms with Crippen LogP contribution < -0.4 is 11.1 Å². The largest absolute Gasteiger partial charge is 0.384 e. The van der Waals surface area contributed by atoms with E-state index in [1.165, 1.54) is 11.1 Å². The third kappa shape index (κ3) is 4.35. The molecular formula is C17H23N3. The normalized spacial score (nSPS) is 13.9. The molecule has 3 heteroatoms. The van der Waals surface area contributed by atoms with Crippen LogP contribution in [-0.2, 0) is 6.54 Å². The summed E-state index contributed by atoms with van der Waals surface area (Å²) in [4.78, 5) is 4.16. The van der Waals surface area contributed by atoms with Crippen LogP contribution in [0.2, 0.25) is 0 Å². The van der Waals surface area contributed by atoms with Crippen molar-refractivity contribution in [2.75, 3.05) is 5.73 Å². The van der Waals surface area contributed by atoms with Gasteiger partial charge in [-0.15, -0.1) is 0 Å². The Morgan fingerprint density at radius 3 is 2.50 bits per heavy atom. The Morgan fingerprint density at radius 2 is 1.85 bits per heavy atom. The minimum absolute atomic E-state index is 0.461. The average Bonchev–Trinajstić information content (AvgIpc) is 2.47. The third-order valence-electron chi connectivity index (χ3n) is 3.58. The summed E-state index contributed by atoms with van der Waals surface area (Å²) in [6.07, 6.45) is 2.96. The van der Waals surface area contributed by atoms with Crippen molar-refractivity contribution in [2.45, 2.75) is 38.8 Å². The number of nitrogens with one attached hydrogen (secondary N) is 1. The first-order valence-corrected chi connectivity index (χ1v) is 7.14. The number of nitrogens with zero attached hydrogens (tertiary/aromatic N) is 1. The highest BCUT2D eigenvalue weighted by Gasteiger charge is 2.10. The van der Waals surface area contributed by atoms with E-state index < -0.39 is 0 Å². The number of hydrogen-bond donors (Lipinski definition) is 2. The Morgan fingerprint density at radius 1 is 1.10 bits per heavy atom. The minimum Gasteiger partial charge on any atom is -0.384 e. The molecule has 0 aliphatic heterocycles. The van der Waals surface area contributed by atoms with Crippen LogP contribution in [-0.4, -0.2) is 11.0 Å². The van der Waals surface area contributed by atoms with Crippen LogP contribution >= 0.6 is 0 Å². The van der Waals surface area contributed by atoms with Crippen LogP contribution in [0, 0.1) is 0 Å². The fourth-order valence-corrected chi connectivity index (χ4v) is 2.35. The van der Waals surface area contributed by atoms with E-state index in [2.05, 4.69) is 54.5 Å². The number of anilines is 1. The first-order chi connectivity index (χ1) is 9.65. The van der Waals surface area contributed by atoms with Gasteiger partial charge in [-0.3, -0.25) is 0 Å². The number of rotatable bonds is 6. The third-order valence-corrected chi connectivity index (χ3v) is 3.58. The molecule has 0 saturated heterocycles. The second kappa shape index (κ2) is 7.06. The zero-order chi connectivity index (χ0) is 14.4. The second-order valence-corrected chi connectivity index (χ2v) is 5.42. The lowest BCUT2D eigenvalue weighted by Crippen LogP contribution is -2.26. The number of aromatic nitrogens is 1. The molecule has 1 aromatic carbocycles. The molecule has 0 fully saturated rings. The molecule has 3 N–H and O–H groups in total. The standard InChI is InChI=1S/C17H23N3/c1-13(16-8-9-17(18)20-12-16)10-14(2)19-11-15-6-4-3-5-7-15/h3-9,12-14,19H,10-11H2,1-2H3,(H2,18,20). The SMILES string of the molecule is CC(CC(C)c1ccc(N)nc1)NCc1ccccc1. The van der Waals surface area contributed by atoms with E-state index in [-0.39, 0.29) is 0 Å². The monoisotopic (exact) mass is 269 g/mol. The second-order valence-electron chi connectivity index (χ2n) is 5.42. The van der Waals surface area contributed by atoms with Crippen molar-refractivity contribution >= 4 is 5.82 Å². The van der Waals surface area contributed by atoms with Crippen LogP contribution in [0.25, 0.3) is 0 Å². The summed E-state index contributed by atoms with van der Waals surface area (Å²) in [5, 5.41) is 3.57. The Kier molecular flexibility index (Phi) is 5.13. The maximum Gasteiger partial charge on any atom is 0.123 e. The van der Waals surface area contributed by atoms with Gasteiger partial charge in [0, 0.05) is 18.8 Å². The number of hydrogen-bond acceptors (Lipinski definition) is 3. The van der Waals surface area contributed by atoms with Crippen LogP contribution in [0.1, 0.15) is 37.3 Å². The van der Waals surface area contributed by atoms with Gasteiger partial charge in [0.1, 0.15) is 5.82 Å². The van der Waals surface area contributed by atoms with E-state index in [0.29, 0.717) is 17.8 Å². The van der Waals surface area contributed by atoms with Gasteiger partial charge in [0.2, 0.25) is 0 Å². The van der Waals surface area contributed by atoms with E-state index in [1.54, 1.807) is 0 Å². The molecule has 0 aliphatic rings. The lowest BCUT2D eigenvalue weighted by Gasteiger charge is -2.19. The Bertz CT molecular complexity index is 508. The van der Waals surface area contributed by atoms with Gasteiger partial charge in [-0.05, 0) is 36.5 Å². The molecule has 106 valence electrons. The number of nitrogens with two attached hydrogens (primary N) is 1. The van der Waals surface area contributed by atoms with Crippen molar-refractivity contribution in [1.29, 1.82) is 0 Å². The highest BCUT2D eigenvalue weighted by molar-refractivity contribution is 5.30. The van der Waals surface area contributed by atoms with Gasteiger partial charge in [-0.25, -0.2) is 4.98 Å². The molecule has 2 unspecified atom stereocenters. The summed E-state index contributed by atoms with van der Waals surface area (Å²) in [5.41, 5.74) is 8.18. The Hall–Kier alpha value is -1.87. The van der Waals surface area contributed by atoms with Gasteiger partial charge >= 0.3 is 0 Å². The smallest absolute Gasteiger partial charge is 0.123 e. The van der Waals surface area contributed by atoms with E-state index in [9.17, 15) is 0 Å². The molecule has 3 nitrogen and oxygen atoms in total. The molecule has 0 amide bonds. The van der Waals surface area contributed by atoms with Crippen molar-refractivity contribution in [2.24, 2.45) is 0 Å². The summed E-state index contributed by atoms with van der Waals surface area (Å²) in [5.74, 6) is 1.05. The van der Waals surface area contributed by atoms with Crippen molar-refractivity contribution < 1.29 is 0 Å². The fraction of sp³-hybridized carbons (Fsp3) is 0.353. The van der Waals surface area contributed by atoms with Gasteiger partial charge in [0.15, 0.2) is 0 Å². The van der Waals surface area contributed by atoms with Crippen molar-refractivity contribution in [3.63, 3.8) is 0 Å². The summed E-state index contributed by atoms with van der Waals surface area (Å²) < 4.78 is 0. The molecule has 20 heavy (non-hydrogen) atoms. The molecule has 0 spiro atoms. The van der Waals surface area contributed by atoms with Crippen LogP contribution in [0.5, 0.6) is 0 Å². The molecule has 2 rings (SSSR count). The fourth-order valence-electron chi connectivity index (χ4n) is 2.35. The molecule has 1 aromatic heterocycles. The van der Waals surface area contributed by atoms with Gasteiger partial charge in [0.05, 0.1) is 0 Å². The van der Waals surface area contributed by atoms with Gasteiger partial charge in [-0.1, -0.05) is 43.3 Å². The minimum atomic E-state index is 0.461. The van der Waals surface area contributed by atoms with E-state index in [1.807, 2.05) is 18.3 Å². The molecule has 0 radical (unpaired) electrons. The quantitative estimate of drug-likeness (QED) is 0.845. The van der Waals surface area contributed by atoms with Gasteiger partial charge in [0.25, 0.3) is 0 Å². The van der Waals surface area contributed by atoms with Crippen molar-refractivity contribution in [3.8, 4) is 0 Å². The summed E-state index contributed by atoms with van der Waals surface area (Å²) in [7, 11) is 0. The lowest BCUT2D eigenvalue weighted by atomic mass is 9.95. The molecule has 2 atom stereocenters. The first kappa shape index (κ1) is 14.5. The maximum atomic E-state index is 5.62. The summed E-state index contributed by atoms with van der Waals surface area (Å²) >= 11 is 0. The zero-order valence-electron chi connectivity index (χ0n) is 12.2. The molecule has 0 aliphatic carbocycles. The van der Waals surface area contributed by atoms with Crippen LogP contribution in [0.3, 0.4) is 0 Å². The highest BCUT2D eigenvalue weighted by atomic mass is 14.9. The number of pyridine rings is 1. The predicted octanol–water partition coefficient (Wildman–Crippen LogP) is 3.34. The van der Waals surface area contributed by atoms with E-state index >= 15 is 0 Å². The first-order valence-electron chi connectivity index (χ1n) is 7.14. The van der Waals surface area contributed by atoms with Crippen LogP contribution in [0.4, 0.5) is 5.82 Å². The summed E-state index contributed by atoms with van der Waals surface area (Å²) in [6.45, 7) is 5.37. The van der Waals surface area contributed by atoms with Crippen molar-refractivity contribution in [1.82, 2.24) is 10.3 Å². The van der Waals surface area contributed by atoms with Crippen molar-refractivity contribution in [3.05, 3.63) is 59.8 Å². The molecule has 0 saturated carbocycles. The molecule has 0 bridgehead atoms. The topological polar surface area (TPSA) is 50.9 Å². The lowest BCUT2D eigenvalue weighted by molar-refractivity contribution is 0.478. The van der Waals surface area contributed by atoms with E-state index in [0.717, 1.165) is 13.0 Å². The number of nitrogen functional groups attached to an aromatic ring is 1. The highest BCUT2D eigenvalue weighted by Crippen LogP contribution is 2.20. The molecular weight excluding hydrogens is 246 g/mol. The Labute approximate surface area is 121 Å². The zero-order valence-corrected chi connectivity index (χ0v) is 12.2.